The zero-order valence-corrected chi connectivity index (χ0v) is 19.3. The molecule has 1 aliphatic carbocycles. The average molecular weight is 469 g/mol. The van der Waals surface area contributed by atoms with Crippen molar-refractivity contribution in [1.82, 2.24) is 15.0 Å². The molecular formula is C23H28N6O3S. The van der Waals surface area contributed by atoms with Crippen molar-refractivity contribution in [2.45, 2.75) is 25.2 Å². The summed E-state index contributed by atoms with van der Waals surface area (Å²) in [7, 11) is -3.27. The van der Waals surface area contributed by atoms with Crippen LogP contribution in [-0.4, -0.2) is 49.3 Å². The van der Waals surface area contributed by atoms with Gasteiger partial charge in [-0.3, -0.25) is 4.72 Å². The zero-order valence-electron chi connectivity index (χ0n) is 18.5. The Morgan fingerprint density at radius 1 is 0.909 bits per heavy atom. The first-order chi connectivity index (χ1) is 15.9. The number of rotatable bonds is 12. The molecule has 174 valence electrons. The van der Waals surface area contributed by atoms with E-state index in [0.717, 1.165) is 42.7 Å². The van der Waals surface area contributed by atoms with Gasteiger partial charge < -0.3 is 15.4 Å². The first kappa shape index (κ1) is 22.8. The van der Waals surface area contributed by atoms with Gasteiger partial charge in [0.2, 0.25) is 21.9 Å². The van der Waals surface area contributed by atoms with E-state index in [1.807, 2.05) is 42.5 Å². The van der Waals surface area contributed by atoms with Crippen LogP contribution in [0.5, 0.6) is 5.75 Å². The number of nitrogens with zero attached hydrogens (tertiary/aromatic N) is 3. The van der Waals surface area contributed by atoms with Crippen molar-refractivity contribution in [3.05, 3.63) is 66.0 Å². The first-order valence-electron chi connectivity index (χ1n) is 10.9. The molecule has 0 radical (unpaired) electrons. The summed E-state index contributed by atoms with van der Waals surface area (Å²) >= 11 is 0. The van der Waals surface area contributed by atoms with Crippen LogP contribution in [0.15, 0.2) is 54.6 Å². The number of aromatic nitrogens is 3. The highest BCUT2D eigenvalue weighted by molar-refractivity contribution is 7.92. The molecule has 1 heterocycles. The quantitative estimate of drug-likeness (QED) is 0.347. The van der Waals surface area contributed by atoms with Gasteiger partial charge in [-0.25, -0.2) is 8.42 Å². The van der Waals surface area contributed by atoms with Crippen LogP contribution in [-0.2, 0) is 16.4 Å². The third-order valence-electron chi connectivity index (χ3n) is 4.95. The highest BCUT2D eigenvalue weighted by Gasteiger charge is 2.27. The largest absolute Gasteiger partial charge is 0.492 e. The lowest BCUT2D eigenvalue weighted by Gasteiger charge is -2.11. The number of nitrogens with one attached hydrogen (secondary N) is 3. The Morgan fingerprint density at radius 2 is 1.58 bits per heavy atom. The maximum Gasteiger partial charge on any atom is 0.229 e. The van der Waals surface area contributed by atoms with E-state index in [-0.39, 0.29) is 0 Å². The highest BCUT2D eigenvalue weighted by atomic mass is 32.2. The van der Waals surface area contributed by atoms with E-state index in [1.54, 1.807) is 12.1 Å². The molecule has 9 nitrogen and oxygen atoms in total. The number of hydrogen-bond donors (Lipinski definition) is 3. The third kappa shape index (κ3) is 7.60. The van der Waals surface area contributed by atoms with Gasteiger partial charge in [-0.15, -0.1) is 0 Å². The minimum absolute atomic E-state index is 0.407. The molecule has 0 amide bonds. The molecule has 1 fully saturated rings. The van der Waals surface area contributed by atoms with Crippen LogP contribution in [0.3, 0.4) is 0 Å². The Hall–Kier alpha value is -3.40. The Morgan fingerprint density at radius 3 is 2.21 bits per heavy atom. The molecule has 1 aromatic heterocycles. The van der Waals surface area contributed by atoms with E-state index in [9.17, 15) is 8.42 Å². The van der Waals surface area contributed by atoms with Crippen molar-refractivity contribution in [3.63, 3.8) is 0 Å². The topological polar surface area (TPSA) is 118 Å². The normalized spacial score (nSPS) is 13.4. The molecule has 4 rings (SSSR count). The molecule has 1 aliphatic rings. The minimum atomic E-state index is -3.27. The van der Waals surface area contributed by atoms with E-state index in [0.29, 0.717) is 43.2 Å². The number of anilines is 3. The monoisotopic (exact) mass is 468 g/mol. The number of para-hydroxylation sites is 1. The maximum absolute atomic E-state index is 11.3. The molecule has 3 aromatic rings. The fourth-order valence-electron chi connectivity index (χ4n) is 3.20. The number of hydrogen-bond acceptors (Lipinski definition) is 8. The van der Waals surface area contributed by atoms with Crippen molar-refractivity contribution in [3.8, 4) is 5.75 Å². The maximum atomic E-state index is 11.3. The zero-order chi connectivity index (χ0) is 23.1. The molecule has 0 saturated heterocycles. The van der Waals surface area contributed by atoms with Gasteiger partial charge in [0.1, 0.15) is 18.2 Å². The van der Waals surface area contributed by atoms with E-state index < -0.39 is 10.0 Å². The van der Waals surface area contributed by atoms with Crippen molar-refractivity contribution in [1.29, 1.82) is 0 Å². The lowest BCUT2D eigenvalue weighted by atomic mass is 10.1. The third-order valence-corrected chi connectivity index (χ3v) is 5.55. The molecule has 33 heavy (non-hydrogen) atoms. The molecule has 10 heteroatoms. The molecular weight excluding hydrogens is 440 g/mol. The fourth-order valence-corrected chi connectivity index (χ4v) is 3.76. The molecule has 0 unspecified atom stereocenters. The smallest absolute Gasteiger partial charge is 0.229 e. The van der Waals surface area contributed by atoms with Gasteiger partial charge in [0.05, 0.1) is 12.8 Å². The molecule has 0 aliphatic heterocycles. The summed E-state index contributed by atoms with van der Waals surface area (Å²) in [6.07, 6.45) is 4.09. The van der Waals surface area contributed by atoms with Gasteiger partial charge in [-0.1, -0.05) is 30.3 Å². The Balaban J connectivity index is 1.29. The molecule has 3 N–H and O–H groups in total. The van der Waals surface area contributed by atoms with E-state index >= 15 is 0 Å². The summed E-state index contributed by atoms with van der Waals surface area (Å²) in [5.41, 5.74) is 1.63. The average Bonchev–Trinajstić information content (AvgIpc) is 3.63. The van der Waals surface area contributed by atoms with Gasteiger partial charge in [0, 0.05) is 18.2 Å². The second-order valence-electron chi connectivity index (χ2n) is 7.95. The summed E-state index contributed by atoms with van der Waals surface area (Å²) in [6, 6.07) is 17.0. The second-order valence-corrected chi connectivity index (χ2v) is 9.70. The number of sulfonamides is 1. The predicted molar refractivity (Wildman–Crippen MR) is 129 cm³/mol. The van der Waals surface area contributed by atoms with E-state index in [2.05, 4.69) is 30.3 Å². The summed E-state index contributed by atoms with van der Waals surface area (Å²) < 4.78 is 30.8. The van der Waals surface area contributed by atoms with Gasteiger partial charge in [0.25, 0.3) is 0 Å². The molecule has 0 atom stereocenters. The van der Waals surface area contributed by atoms with E-state index in [4.69, 9.17) is 4.74 Å². The van der Waals surface area contributed by atoms with Gasteiger partial charge in [-0.05, 0) is 49.1 Å². The van der Waals surface area contributed by atoms with Gasteiger partial charge in [0.15, 0.2) is 0 Å². The van der Waals surface area contributed by atoms with Crippen LogP contribution in [0.2, 0.25) is 0 Å². The predicted octanol–water partition coefficient (Wildman–Crippen LogP) is 3.27. The lowest BCUT2D eigenvalue weighted by molar-refractivity contribution is 0.332. The van der Waals surface area contributed by atoms with Crippen molar-refractivity contribution < 1.29 is 13.2 Å². The Bertz CT molecular complexity index is 1150. The van der Waals surface area contributed by atoms with Crippen molar-refractivity contribution in [2.75, 3.05) is 41.3 Å². The van der Waals surface area contributed by atoms with Gasteiger partial charge >= 0.3 is 0 Å². The van der Waals surface area contributed by atoms with Crippen LogP contribution in [0.25, 0.3) is 0 Å². The van der Waals surface area contributed by atoms with Crippen LogP contribution in [0.1, 0.15) is 30.1 Å². The minimum Gasteiger partial charge on any atom is -0.492 e. The second kappa shape index (κ2) is 10.5. The lowest BCUT2D eigenvalue weighted by Crippen LogP contribution is -2.16. The van der Waals surface area contributed by atoms with Gasteiger partial charge in [-0.2, -0.15) is 15.0 Å². The molecule has 0 spiro atoms. The number of benzene rings is 2. The molecule has 2 aromatic carbocycles. The van der Waals surface area contributed by atoms with Crippen LogP contribution >= 0.6 is 0 Å². The fraction of sp³-hybridized carbons (Fsp3) is 0.348. The SMILES string of the molecule is CS(=O)(=O)Nc1ccc(CCNc2nc(NCCOc3ccccc3)nc(C3CC3)n2)cc1. The number of ether oxygens (including phenoxy) is 1. The van der Waals surface area contributed by atoms with Crippen LogP contribution < -0.4 is 20.1 Å². The summed E-state index contributed by atoms with van der Waals surface area (Å²) in [6.45, 7) is 1.72. The Kier molecular flexibility index (Phi) is 7.23. The Labute approximate surface area is 194 Å². The van der Waals surface area contributed by atoms with Crippen molar-refractivity contribution >= 4 is 27.6 Å². The van der Waals surface area contributed by atoms with E-state index in [1.165, 1.54) is 0 Å². The van der Waals surface area contributed by atoms with Crippen LogP contribution in [0.4, 0.5) is 17.6 Å². The standard InChI is InChI=1S/C23H28N6O3S/c1-33(30,31)29-19-11-7-17(8-12-19)13-14-24-22-26-21(18-9-10-18)27-23(28-22)25-15-16-32-20-5-3-2-4-6-20/h2-8,11-12,18,29H,9-10,13-16H2,1H3,(H2,24,25,26,27,28). The summed E-state index contributed by atoms with van der Waals surface area (Å²) in [4.78, 5) is 13.6. The molecule has 1 saturated carbocycles. The first-order valence-corrected chi connectivity index (χ1v) is 12.8. The summed E-state index contributed by atoms with van der Waals surface area (Å²) in [5.74, 6) is 3.15. The highest BCUT2D eigenvalue weighted by Crippen LogP contribution is 2.38. The molecule has 0 bridgehead atoms. The van der Waals surface area contributed by atoms with Crippen molar-refractivity contribution in [2.24, 2.45) is 0 Å². The summed E-state index contributed by atoms with van der Waals surface area (Å²) in [5, 5.41) is 6.51. The van der Waals surface area contributed by atoms with Crippen LogP contribution in [0, 0.1) is 0 Å².